The predicted octanol–water partition coefficient (Wildman–Crippen LogP) is 21.1. The van der Waals surface area contributed by atoms with E-state index in [1.54, 1.807) is 240 Å². The molecule has 16 rings (SSSR count). The van der Waals surface area contributed by atoms with Gasteiger partial charge in [-0.1, -0.05) is 162 Å². The maximum atomic E-state index is 12.8. The van der Waals surface area contributed by atoms with Crippen molar-refractivity contribution in [1.82, 2.24) is 34.8 Å². The molecule has 0 bridgehead atoms. The van der Waals surface area contributed by atoms with Crippen LogP contribution in [0.5, 0.6) is 46.0 Å². The Morgan fingerprint density at radius 3 is 1.02 bits per heavy atom. The van der Waals surface area contributed by atoms with E-state index in [0.29, 0.717) is 164 Å². The predicted molar refractivity (Wildman–Crippen MR) is 532 cm³/mol. The number of hydrogen-bond donors (Lipinski definition) is 5. The van der Waals surface area contributed by atoms with E-state index in [4.69, 9.17) is 86.9 Å². The molecule has 0 atom stereocenters. The van der Waals surface area contributed by atoms with Crippen LogP contribution in [0.25, 0.3) is 0 Å². The number of amides is 5. The van der Waals surface area contributed by atoms with E-state index in [1.807, 2.05) is 121 Å². The van der Waals surface area contributed by atoms with E-state index in [0.717, 1.165) is 67.1 Å². The zero-order chi connectivity index (χ0) is 96.4. The maximum Gasteiger partial charge on any atom is 0.260 e. The third kappa shape index (κ3) is 34.1. The molecule has 138 heavy (non-hydrogen) atoms. The number of hydrogen-bond acceptors (Lipinski definition) is 23. The molecule has 0 radical (unpaired) electrons. The first-order chi connectivity index (χ1) is 67.7. The third-order valence-corrected chi connectivity index (χ3v) is 20.6. The number of carbonyl (C=O) groups is 5. The van der Waals surface area contributed by atoms with Gasteiger partial charge in [-0.15, -0.1) is 0 Å². The van der Waals surface area contributed by atoms with E-state index >= 15 is 0 Å². The first-order valence-electron chi connectivity index (χ1n) is 43.8. The van der Waals surface area contributed by atoms with Crippen molar-refractivity contribution < 1.29 is 76.1 Å². The highest BCUT2D eigenvalue weighted by Gasteiger charge is 2.22. The molecule has 706 valence electrons. The quantitative estimate of drug-likeness (QED) is 0.0224. The summed E-state index contributed by atoms with van der Waals surface area (Å²) in [6, 6.07) is 87.3. The van der Waals surface area contributed by atoms with Gasteiger partial charge < -0.3 is 78.7 Å². The molecule has 10 aromatic carbocycles. The number of nitrogens with one attached hydrogen (secondary N) is 5. The van der Waals surface area contributed by atoms with Crippen molar-refractivity contribution in [3.63, 3.8) is 0 Å². The minimum Gasteiger partial charge on any atom is -0.493 e. The number of para-hydroxylation sites is 5. The molecular weight excluding hydrogens is 1820 g/mol. The van der Waals surface area contributed by atoms with Crippen LogP contribution in [-0.2, 0) is 47.2 Å². The van der Waals surface area contributed by atoms with Crippen molar-refractivity contribution in [1.29, 1.82) is 0 Å². The molecule has 0 saturated carbocycles. The molecular formula is C107H101Cl3N12O16. The molecule has 1 fully saturated rings. The molecule has 1 saturated heterocycles. The molecule has 5 amide bonds. The van der Waals surface area contributed by atoms with Crippen LogP contribution < -0.4 is 64.5 Å². The van der Waals surface area contributed by atoms with Crippen molar-refractivity contribution in [2.45, 2.75) is 39.5 Å². The molecule has 28 nitrogen and oxygen atoms in total. The molecule has 1 aliphatic rings. The summed E-state index contributed by atoms with van der Waals surface area (Å²) in [5.74, 6) is 3.70. The second kappa shape index (κ2) is 56.5. The Balaban J connectivity index is 0.000000156. The van der Waals surface area contributed by atoms with Gasteiger partial charge in [-0.3, -0.25) is 43.8 Å². The van der Waals surface area contributed by atoms with Gasteiger partial charge in [0.05, 0.1) is 108 Å². The highest BCUT2D eigenvalue weighted by atomic mass is 35.5. The fourth-order valence-electron chi connectivity index (χ4n) is 13.1. The monoisotopic (exact) mass is 1910 g/mol. The first-order valence-corrected chi connectivity index (χ1v) is 44.9. The average molecular weight is 1920 g/mol. The number of halogens is 3. The van der Waals surface area contributed by atoms with Gasteiger partial charge in [-0.25, -0.2) is 15.0 Å². The average Bonchev–Trinajstić information content (AvgIpc) is 0.843. The lowest BCUT2D eigenvalue weighted by molar-refractivity contribution is 0.0321. The summed E-state index contributed by atoms with van der Waals surface area (Å²) in [6.45, 7) is 8.18. The SMILES string of the molecule is COCCCOc1ccc(Cl)cc1COc1ccccc1C(=O)Nc1cccnc1.COCCOc1ccc(Cl)cc1COc1ccccc1C(=O)Nc1cccnc1.O=C(Nc1ccccn1)c1ccccc1OCc1ccccc1.O=C(Nc1cccnc1)c1ccccc1OCc1cc(Cl)ccc1OCCN1CCOCC1.O=C(Nc1cncnc1)c1ccccc1OCc1ccccc1. The molecule has 0 aliphatic carbocycles. The van der Waals surface area contributed by atoms with Gasteiger partial charge in [0, 0.05) is 103 Å². The van der Waals surface area contributed by atoms with Crippen LogP contribution in [0.4, 0.5) is 28.6 Å². The van der Waals surface area contributed by atoms with E-state index in [2.05, 4.69) is 61.4 Å². The van der Waals surface area contributed by atoms with Crippen LogP contribution in [0.15, 0.2) is 353 Å². The first kappa shape index (κ1) is 101. The topological polar surface area (TPSA) is 328 Å². The Bertz CT molecular complexity index is 6150. The van der Waals surface area contributed by atoms with Crippen LogP contribution in [0.3, 0.4) is 0 Å². The molecule has 15 aromatic rings. The largest absolute Gasteiger partial charge is 0.493 e. The lowest BCUT2D eigenvalue weighted by atomic mass is 10.1. The third-order valence-electron chi connectivity index (χ3n) is 19.9. The van der Waals surface area contributed by atoms with Crippen LogP contribution in [0, 0.1) is 0 Å². The molecule has 1 aliphatic heterocycles. The zero-order valence-corrected chi connectivity index (χ0v) is 77.9. The van der Waals surface area contributed by atoms with E-state index in [9.17, 15) is 24.0 Å². The van der Waals surface area contributed by atoms with Gasteiger partial charge >= 0.3 is 0 Å². The summed E-state index contributed by atoms with van der Waals surface area (Å²) in [7, 11) is 3.27. The van der Waals surface area contributed by atoms with E-state index in [1.165, 1.54) is 6.33 Å². The lowest BCUT2D eigenvalue weighted by Crippen LogP contribution is -2.38. The van der Waals surface area contributed by atoms with Gasteiger partial charge in [0.2, 0.25) is 0 Å². The number of benzene rings is 10. The maximum absolute atomic E-state index is 12.8. The Hall–Kier alpha value is -15.7. The second-order valence-corrected chi connectivity index (χ2v) is 31.1. The van der Waals surface area contributed by atoms with Crippen LogP contribution in [0.1, 0.15) is 86.0 Å². The molecule has 0 unspecified atom stereocenters. The highest BCUT2D eigenvalue weighted by molar-refractivity contribution is 6.31. The Labute approximate surface area is 814 Å². The summed E-state index contributed by atoms with van der Waals surface area (Å²) in [5.41, 5.74) is 9.05. The van der Waals surface area contributed by atoms with E-state index in [-0.39, 0.29) is 49.4 Å². The van der Waals surface area contributed by atoms with Gasteiger partial charge in [-0.05, 0) is 175 Å². The number of ether oxygens (including phenoxy) is 11. The van der Waals surface area contributed by atoms with Crippen molar-refractivity contribution >= 4 is 92.9 Å². The minimum absolute atomic E-state index is 0.195. The number of aromatic nitrogens is 6. The molecule has 5 N–H and O–H groups in total. The number of anilines is 5. The number of rotatable bonds is 38. The smallest absolute Gasteiger partial charge is 0.260 e. The Kier molecular flexibility index (Phi) is 41.5. The van der Waals surface area contributed by atoms with Crippen molar-refractivity contribution in [2.75, 3.05) is 107 Å². The van der Waals surface area contributed by atoms with Crippen LogP contribution in [-0.4, -0.2) is 144 Å². The summed E-state index contributed by atoms with van der Waals surface area (Å²) in [4.78, 5) is 89.1. The molecule has 5 aromatic heterocycles. The van der Waals surface area contributed by atoms with Crippen molar-refractivity contribution in [3.05, 3.63) is 424 Å². The Morgan fingerprint density at radius 2 is 0.652 bits per heavy atom. The summed E-state index contributed by atoms with van der Waals surface area (Å²) in [6.07, 6.45) is 16.6. The molecule has 0 spiro atoms. The fraction of sp³-hybridized carbons (Fsp3) is 0.168. The number of carbonyl (C=O) groups excluding carboxylic acids is 5. The molecule has 6 heterocycles. The van der Waals surface area contributed by atoms with E-state index < -0.39 is 0 Å². The van der Waals surface area contributed by atoms with Crippen molar-refractivity contribution in [2.24, 2.45) is 0 Å². The van der Waals surface area contributed by atoms with Gasteiger partial charge in [0.25, 0.3) is 29.5 Å². The molecule has 31 heteroatoms. The fourth-order valence-corrected chi connectivity index (χ4v) is 13.6. The standard InChI is InChI=1S/C25H26ClN3O4.C23H23ClN2O4.C22H21ClN2O4.C19H16N2O2.C18H15N3O2/c26-20-7-8-23(32-15-12-29-10-13-31-14-11-29)19(16-20)18-33-24-6-2-1-5-22(24)25(30)28-21-4-3-9-27-17-21;1-28-12-5-13-29-21-10-9-18(24)14-17(21)16-30-22-8-3-2-7-20(22)23(27)26-19-6-4-11-25-15-19;1-27-11-12-28-20-9-8-17(23)13-16(20)15-29-21-7-3-2-6-19(21)22(26)25-18-5-4-10-24-14-18;22-19(21-18-12-6-7-13-20-18)16-10-4-5-11-17(16)23-14-15-8-2-1-3-9-15;22-18(21-15-10-19-13-20-11-15)16-8-4-5-9-17(16)23-12-14-6-2-1-3-7-14/h1-9,16-17H,10-15,18H2,(H,28,30);2-4,6-11,14-15H,5,12-13,16H2,1H3,(H,26,27);2-10,13-14H,11-12,15H2,1H3,(H,25,26);1-13H,14H2,(H,20,21,22);1-11,13H,12H2,(H,21,22). The minimum atomic E-state index is -0.281. The normalized spacial score (nSPS) is 11.2. The summed E-state index contributed by atoms with van der Waals surface area (Å²) < 4.78 is 62.6. The van der Waals surface area contributed by atoms with Crippen LogP contribution >= 0.6 is 34.8 Å². The van der Waals surface area contributed by atoms with Gasteiger partial charge in [0.1, 0.15) is 104 Å². The Morgan fingerprint density at radius 1 is 0.312 bits per heavy atom. The highest BCUT2D eigenvalue weighted by Crippen LogP contribution is 2.33. The van der Waals surface area contributed by atoms with Crippen LogP contribution in [0.2, 0.25) is 15.1 Å². The van der Waals surface area contributed by atoms with Gasteiger partial charge in [0.15, 0.2) is 0 Å². The van der Waals surface area contributed by atoms with Crippen molar-refractivity contribution in [3.8, 4) is 46.0 Å². The summed E-state index contributed by atoms with van der Waals surface area (Å²) in [5, 5.41) is 15.7. The number of pyridine rings is 4. The number of nitrogens with zero attached hydrogens (tertiary/aromatic N) is 7. The lowest BCUT2D eigenvalue weighted by Gasteiger charge is -2.26. The zero-order valence-electron chi connectivity index (χ0n) is 75.6. The number of morpholine rings is 1. The second-order valence-electron chi connectivity index (χ2n) is 29.8. The van der Waals surface area contributed by atoms with Gasteiger partial charge in [-0.2, -0.15) is 0 Å². The number of methoxy groups -OCH3 is 2. The summed E-state index contributed by atoms with van der Waals surface area (Å²) >= 11 is 18.5.